The van der Waals surface area contributed by atoms with Gasteiger partial charge in [-0.1, -0.05) is 53.4 Å². The van der Waals surface area contributed by atoms with Crippen LogP contribution in [0.3, 0.4) is 0 Å². The largest absolute Gasteiger partial charge is 0.308 e. The number of benzene rings is 1. The molecular formula is C18H27BrN2. The maximum Gasteiger partial charge on any atom is 0.0309 e. The Labute approximate surface area is 137 Å². The fraction of sp³-hybridized carbons (Fsp3) is 0.667. The first-order chi connectivity index (χ1) is 10.0. The zero-order valence-corrected chi connectivity index (χ0v) is 14.9. The molecule has 0 aromatic heterocycles. The molecule has 2 aliphatic rings. The van der Waals surface area contributed by atoms with E-state index in [4.69, 9.17) is 0 Å². The first-order valence-electron chi connectivity index (χ1n) is 8.24. The number of nitrogens with one attached hydrogen (secondary N) is 1. The van der Waals surface area contributed by atoms with Gasteiger partial charge < -0.3 is 5.32 Å². The SMILES string of the molecule is CC1(C)CNC2(CCCCC2)CN1Cc1ccccc1Br. The van der Waals surface area contributed by atoms with Gasteiger partial charge in [0, 0.05) is 35.2 Å². The predicted octanol–water partition coefficient (Wildman–Crippen LogP) is 4.34. The highest BCUT2D eigenvalue weighted by molar-refractivity contribution is 9.10. The lowest BCUT2D eigenvalue weighted by Crippen LogP contribution is -2.68. The summed E-state index contributed by atoms with van der Waals surface area (Å²) in [4.78, 5) is 2.69. The molecule has 3 rings (SSSR count). The summed E-state index contributed by atoms with van der Waals surface area (Å²) in [7, 11) is 0. The summed E-state index contributed by atoms with van der Waals surface area (Å²) in [5.74, 6) is 0. The van der Waals surface area contributed by atoms with Gasteiger partial charge in [0.1, 0.15) is 0 Å². The summed E-state index contributed by atoms with van der Waals surface area (Å²) < 4.78 is 1.23. The van der Waals surface area contributed by atoms with Gasteiger partial charge in [0.05, 0.1) is 0 Å². The van der Waals surface area contributed by atoms with Crippen LogP contribution in [-0.2, 0) is 6.54 Å². The van der Waals surface area contributed by atoms with Crippen molar-refractivity contribution in [2.24, 2.45) is 0 Å². The van der Waals surface area contributed by atoms with Crippen molar-refractivity contribution in [2.45, 2.75) is 63.6 Å². The molecule has 0 atom stereocenters. The van der Waals surface area contributed by atoms with E-state index in [-0.39, 0.29) is 5.54 Å². The minimum Gasteiger partial charge on any atom is -0.308 e. The summed E-state index contributed by atoms with van der Waals surface area (Å²) in [6.07, 6.45) is 6.87. The minimum atomic E-state index is 0.220. The predicted molar refractivity (Wildman–Crippen MR) is 92.4 cm³/mol. The van der Waals surface area contributed by atoms with E-state index in [1.165, 1.54) is 48.7 Å². The van der Waals surface area contributed by atoms with Crippen LogP contribution in [-0.4, -0.2) is 29.1 Å². The number of rotatable bonds is 2. The van der Waals surface area contributed by atoms with Crippen LogP contribution in [0, 0.1) is 0 Å². The number of piperazine rings is 1. The number of nitrogens with zero attached hydrogens (tertiary/aromatic N) is 1. The van der Waals surface area contributed by atoms with Crippen molar-refractivity contribution in [1.82, 2.24) is 10.2 Å². The topological polar surface area (TPSA) is 15.3 Å². The van der Waals surface area contributed by atoms with Crippen molar-refractivity contribution in [3.05, 3.63) is 34.3 Å². The van der Waals surface area contributed by atoms with Crippen LogP contribution < -0.4 is 5.32 Å². The fourth-order valence-electron chi connectivity index (χ4n) is 3.82. The van der Waals surface area contributed by atoms with Gasteiger partial charge in [-0.15, -0.1) is 0 Å². The lowest BCUT2D eigenvalue weighted by atomic mass is 9.77. The third-order valence-electron chi connectivity index (χ3n) is 5.38. The molecule has 2 fully saturated rings. The van der Waals surface area contributed by atoms with E-state index in [0.717, 1.165) is 13.1 Å². The summed E-state index contributed by atoms with van der Waals surface area (Å²) in [5.41, 5.74) is 1.99. The van der Waals surface area contributed by atoms with Gasteiger partial charge in [-0.2, -0.15) is 0 Å². The Bertz CT molecular complexity index is 492. The summed E-state index contributed by atoms with van der Waals surface area (Å²) >= 11 is 3.71. The molecule has 1 saturated heterocycles. The second-order valence-corrected chi connectivity index (χ2v) is 8.31. The van der Waals surface area contributed by atoms with Gasteiger partial charge in [-0.25, -0.2) is 0 Å². The Balaban J connectivity index is 1.79. The maximum atomic E-state index is 3.90. The first-order valence-corrected chi connectivity index (χ1v) is 9.04. The summed E-state index contributed by atoms with van der Waals surface area (Å²) in [6.45, 7) is 8.05. The molecule has 0 radical (unpaired) electrons. The highest BCUT2D eigenvalue weighted by atomic mass is 79.9. The molecule has 116 valence electrons. The van der Waals surface area contributed by atoms with Crippen LogP contribution in [0.4, 0.5) is 0 Å². The van der Waals surface area contributed by atoms with Gasteiger partial charge in [-0.3, -0.25) is 4.90 Å². The molecule has 1 saturated carbocycles. The lowest BCUT2D eigenvalue weighted by molar-refractivity contribution is 0.00472. The molecule has 1 aromatic rings. The highest BCUT2D eigenvalue weighted by Gasteiger charge is 2.43. The van der Waals surface area contributed by atoms with Crippen molar-refractivity contribution >= 4 is 15.9 Å². The zero-order valence-electron chi connectivity index (χ0n) is 13.3. The molecule has 0 unspecified atom stereocenters. The van der Waals surface area contributed by atoms with Crippen LogP contribution in [0.5, 0.6) is 0 Å². The summed E-state index contributed by atoms with van der Waals surface area (Å²) in [5, 5.41) is 3.90. The quantitative estimate of drug-likeness (QED) is 0.853. The Morgan fingerprint density at radius 2 is 1.86 bits per heavy atom. The van der Waals surface area contributed by atoms with E-state index in [0.29, 0.717) is 5.54 Å². The van der Waals surface area contributed by atoms with Crippen LogP contribution in [0.2, 0.25) is 0 Å². The Hall–Kier alpha value is -0.380. The van der Waals surface area contributed by atoms with Gasteiger partial charge in [0.25, 0.3) is 0 Å². The molecule has 1 heterocycles. The van der Waals surface area contributed by atoms with Gasteiger partial charge >= 0.3 is 0 Å². The van der Waals surface area contributed by atoms with Crippen LogP contribution in [0.25, 0.3) is 0 Å². The van der Waals surface area contributed by atoms with E-state index >= 15 is 0 Å². The van der Waals surface area contributed by atoms with Gasteiger partial charge in [0.2, 0.25) is 0 Å². The van der Waals surface area contributed by atoms with Gasteiger partial charge in [-0.05, 0) is 38.3 Å². The van der Waals surface area contributed by atoms with Gasteiger partial charge in [0.15, 0.2) is 0 Å². The summed E-state index contributed by atoms with van der Waals surface area (Å²) in [6, 6.07) is 8.64. The molecule has 3 heteroatoms. The molecule has 2 nitrogen and oxygen atoms in total. The molecule has 1 spiro atoms. The zero-order chi connectivity index (χ0) is 14.9. The van der Waals surface area contributed by atoms with Crippen molar-refractivity contribution < 1.29 is 0 Å². The highest BCUT2D eigenvalue weighted by Crippen LogP contribution is 2.35. The first kappa shape index (κ1) is 15.5. The average molecular weight is 351 g/mol. The standard InChI is InChI=1S/C18H27BrN2/c1-17(2)13-20-18(10-6-3-7-11-18)14-21(17)12-15-8-4-5-9-16(15)19/h4-5,8-9,20H,3,6-7,10-14H2,1-2H3. The second-order valence-electron chi connectivity index (χ2n) is 7.45. The third kappa shape index (κ3) is 3.35. The molecule has 1 aliphatic heterocycles. The lowest BCUT2D eigenvalue weighted by Gasteiger charge is -2.53. The molecule has 21 heavy (non-hydrogen) atoms. The molecule has 1 aliphatic carbocycles. The number of halogens is 1. The van der Waals surface area contributed by atoms with E-state index in [9.17, 15) is 0 Å². The Kier molecular flexibility index (Phi) is 4.45. The Morgan fingerprint density at radius 3 is 2.57 bits per heavy atom. The third-order valence-corrected chi connectivity index (χ3v) is 6.15. The number of hydrogen-bond donors (Lipinski definition) is 1. The Morgan fingerprint density at radius 1 is 1.14 bits per heavy atom. The van der Waals surface area contributed by atoms with Crippen LogP contribution in [0.1, 0.15) is 51.5 Å². The average Bonchev–Trinajstić information content (AvgIpc) is 2.47. The van der Waals surface area contributed by atoms with Crippen molar-refractivity contribution in [2.75, 3.05) is 13.1 Å². The molecule has 1 aromatic carbocycles. The van der Waals surface area contributed by atoms with Crippen molar-refractivity contribution in [1.29, 1.82) is 0 Å². The normalized spacial score (nSPS) is 25.1. The molecule has 0 bridgehead atoms. The van der Waals surface area contributed by atoms with Crippen molar-refractivity contribution in [3.63, 3.8) is 0 Å². The monoisotopic (exact) mass is 350 g/mol. The van der Waals surface area contributed by atoms with E-state index in [2.05, 4.69) is 64.3 Å². The van der Waals surface area contributed by atoms with Crippen LogP contribution in [0.15, 0.2) is 28.7 Å². The fourth-order valence-corrected chi connectivity index (χ4v) is 4.23. The van der Waals surface area contributed by atoms with E-state index in [1.54, 1.807) is 0 Å². The van der Waals surface area contributed by atoms with Crippen molar-refractivity contribution in [3.8, 4) is 0 Å². The smallest absolute Gasteiger partial charge is 0.0309 e. The maximum absolute atomic E-state index is 3.90. The van der Waals surface area contributed by atoms with E-state index < -0.39 is 0 Å². The molecule has 0 amide bonds. The second kappa shape index (κ2) is 6.02. The van der Waals surface area contributed by atoms with Crippen LogP contribution >= 0.6 is 15.9 Å². The molecular weight excluding hydrogens is 324 g/mol. The van der Waals surface area contributed by atoms with E-state index in [1.807, 2.05) is 0 Å². The minimum absolute atomic E-state index is 0.220. The number of hydrogen-bond acceptors (Lipinski definition) is 2. The molecule has 1 N–H and O–H groups in total.